The van der Waals surface area contributed by atoms with Gasteiger partial charge in [-0.2, -0.15) is 0 Å². The molecule has 0 saturated carbocycles. The molecule has 0 aliphatic heterocycles. The van der Waals surface area contributed by atoms with Crippen molar-refractivity contribution in [3.63, 3.8) is 0 Å². The lowest BCUT2D eigenvalue weighted by Crippen LogP contribution is -2.32. The summed E-state index contributed by atoms with van der Waals surface area (Å²) in [6.45, 7) is 0.448. The molecule has 0 aromatic rings. The highest BCUT2D eigenvalue weighted by atomic mass is 16.5. The Balaban J connectivity index is 3.43. The van der Waals surface area contributed by atoms with Gasteiger partial charge in [0.1, 0.15) is 6.04 Å². The predicted octanol–water partition coefficient (Wildman–Crippen LogP) is -0.950. The average Bonchev–Trinajstić information content (AvgIpc) is 2.03. The molecule has 0 heterocycles. The standard InChI is InChI=1S/C6H11NO4/c1-10-6(9)5(7)2-3-11-4-8/h4-5H,2-3,7H2,1H3/t5-/m0/s1. The van der Waals surface area contributed by atoms with Crippen molar-refractivity contribution in [1.82, 2.24) is 0 Å². The number of carbonyl (C=O) groups is 2. The molecule has 1 atom stereocenters. The van der Waals surface area contributed by atoms with Crippen molar-refractivity contribution in [2.24, 2.45) is 5.73 Å². The van der Waals surface area contributed by atoms with E-state index in [0.29, 0.717) is 6.47 Å². The summed E-state index contributed by atoms with van der Waals surface area (Å²) in [5.41, 5.74) is 5.30. The fourth-order valence-electron chi connectivity index (χ4n) is 0.512. The molecule has 0 unspecified atom stereocenters. The smallest absolute Gasteiger partial charge is 0.322 e. The molecule has 2 N–H and O–H groups in total. The zero-order valence-corrected chi connectivity index (χ0v) is 6.28. The van der Waals surface area contributed by atoms with E-state index in [-0.39, 0.29) is 13.0 Å². The highest BCUT2D eigenvalue weighted by Gasteiger charge is 2.12. The summed E-state index contributed by atoms with van der Waals surface area (Å²) in [5, 5.41) is 0. The third-order valence-corrected chi connectivity index (χ3v) is 1.12. The minimum absolute atomic E-state index is 0.139. The van der Waals surface area contributed by atoms with Crippen LogP contribution in [0.1, 0.15) is 6.42 Å². The van der Waals surface area contributed by atoms with E-state index in [0.717, 1.165) is 0 Å². The summed E-state index contributed by atoms with van der Waals surface area (Å²) in [5.74, 6) is -0.500. The first-order valence-corrected chi connectivity index (χ1v) is 3.11. The Morgan fingerprint density at radius 3 is 2.82 bits per heavy atom. The predicted molar refractivity (Wildman–Crippen MR) is 36.6 cm³/mol. The van der Waals surface area contributed by atoms with E-state index >= 15 is 0 Å². The average molecular weight is 161 g/mol. The molecular weight excluding hydrogens is 150 g/mol. The Labute approximate surface area is 64.5 Å². The fraction of sp³-hybridized carbons (Fsp3) is 0.667. The zero-order valence-electron chi connectivity index (χ0n) is 6.28. The minimum Gasteiger partial charge on any atom is -0.468 e. The maximum atomic E-state index is 10.6. The topological polar surface area (TPSA) is 78.6 Å². The number of hydrogen-bond acceptors (Lipinski definition) is 5. The van der Waals surface area contributed by atoms with Gasteiger partial charge in [0.15, 0.2) is 0 Å². The lowest BCUT2D eigenvalue weighted by molar-refractivity contribution is -0.143. The molecule has 0 amide bonds. The molecule has 0 aliphatic rings. The Hall–Kier alpha value is -1.10. The first kappa shape index (κ1) is 9.90. The number of ether oxygens (including phenoxy) is 2. The summed E-state index contributed by atoms with van der Waals surface area (Å²) in [4.78, 5) is 20.3. The van der Waals surface area contributed by atoms with E-state index in [9.17, 15) is 9.59 Å². The van der Waals surface area contributed by atoms with Gasteiger partial charge in [-0.05, 0) is 0 Å². The maximum absolute atomic E-state index is 10.6. The number of methoxy groups -OCH3 is 1. The molecule has 11 heavy (non-hydrogen) atoms. The van der Waals surface area contributed by atoms with Gasteiger partial charge < -0.3 is 15.2 Å². The Kier molecular flexibility index (Phi) is 5.10. The van der Waals surface area contributed by atoms with Crippen LogP contribution in [0.4, 0.5) is 0 Å². The molecule has 64 valence electrons. The number of esters is 1. The first-order valence-electron chi connectivity index (χ1n) is 3.11. The number of hydrogen-bond donors (Lipinski definition) is 1. The van der Waals surface area contributed by atoms with Crippen molar-refractivity contribution in [1.29, 1.82) is 0 Å². The molecule has 0 spiro atoms. The van der Waals surface area contributed by atoms with Crippen LogP contribution in [0.5, 0.6) is 0 Å². The lowest BCUT2D eigenvalue weighted by Gasteiger charge is -2.06. The van der Waals surface area contributed by atoms with Crippen LogP contribution in [-0.4, -0.2) is 32.2 Å². The van der Waals surface area contributed by atoms with Gasteiger partial charge >= 0.3 is 5.97 Å². The maximum Gasteiger partial charge on any atom is 0.322 e. The van der Waals surface area contributed by atoms with Crippen molar-refractivity contribution in [2.75, 3.05) is 13.7 Å². The summed E-state index contributed by atoms with van der Waals surface area (Å²) in [6, 6.07) is -0.708. The Morgan fingerprint density at radius 1 is 1.73 bits per heavy atom. The van der Waals surface area contributed by atoms with Gasteiger partial charge in [0.2, 0.25) is 0 Å². The third-order valence-electron chi connectivity index (χ3n) is 1.12. The van der Waals surface area contributed by atoms with Crippen LogP contribution in [0.3, 0.4) is 0 Å². The Bertz CT molecular complexity index is 137. The van der Waals surface area contributed by atoms with Gasteiger partial charge in [0.25, 0.3) is 6.47 Å². The minimum atomic E-state index is -0.708. The zero-order chi connectivity index (χ0) is 8.69. The Morgan fingerprint density at radius 2 is 2.36 bits per heavy atom. The molecule has 0 aromatic carbocycles. The molecule has 0 bridgehead atoms. The fourth-order valence-corrected chi connectivity index (χ4v) is 0.512. The molecular formula is C6H11NO4. The van der Waals surface area contributed by atoms with Gasteiger partial charge in [-0.3, -0.25) is 9.59 Å². The largest absolute Gasteiger partial charge is 0.468 e. The number of nitrogens with two attached hydrogens (primary N) is 1. The van der Waals surface area contributed by atoms with Crippen molar-refractivity contribution >= 4 is 12.4 Å². The molecule has 0 fully saturated rings. The van der Waals surface area contributed by atoms with Gasteiger partial charge in [-0.25, -0.2) is 0 Å². The third kappa shape index (κ3) is 4.32. The van der Waals surface area contributed by atoms with E-state index in [2.05, 4.69) is 9.47 Å². The van der Waals surface area contributed by atoms with E-state index in [1.165, 1.54) is 7.11 Å². The normalized spacial score (nSPS) is 11.8. The highest BCUT2D eigenvalue weighted by molar-refractivity contribution is 5.75. The molecule has 0 radical (unpaired) electrons. The van der Waals surface area contributed by atoms with E-state index in [1.807, 2.05) is 0 Å². The van der Waals surface area contributed by atoms with Crippen LogP contribution in [0.2, 0.25) is 0 Å². The van der Waals surface area contributed by atoms with Gasteiger partial charge in [0, 0.05) is 6.42 Å². The molecule has 5 heteroatoms. The van der Waals surface area contributed by atoms with Crippen LogP contribution in [-0.2, 0) is 19.1 Å². The number of rotatable bonds is 5. The van der Waals surface area contributed by atoms with Crippen LogP contribution >= 0.6 is 0 Å². The van der Waals surface area contributed by atoms with Gasteiger partial charge in [0.05, 0.1) is 13.7 Å². The van der Waals surface area contributed by atoms with E-state index in [4.69, 9.17) is 5.73 Å². The second-order valence-electron chi connectivity index (χ2n) is 1.89. The van der Waals surface area contributed by atoms with Crippen LogP contribution < -0.4 is 5.73 Å². The van der Waals surface area contributed by atoms with Crippen molar-refractivity contribution in [2.45, 2.75) is 12.5 Å². The summed E-state index contributed by atoms with van der Waals surface area (Å²) < 4.78 is 8.67. The molecule has 0 aromatic heterocycles. The summed E-state index contributed by atoms with van der Waals surface area (Å²) >= 11 is 0. The molecule has 0 saturated heterocycles. The van der Waals surface area contributed by atoms with Crippen LogP contribution in [0.25, 0.3) is 0 Å². The highest BCUT2D eigenvalue weighted by Crippen LogP contribution is 1.90. The van der Waals surface area contributed by atoms with Crippen molar-refractivity contribution in [3.8, 4) is 0 Å². The van der Waals surface area contributed by atoms with Gasteiger partial charge in [-0.15, -0.1) is 0 Å². The van der Waals surface area contributed by atoms with Crippen LogP contribution in [0.15, 0.2) is 0 Å². The summed E-state index contributed by atoms with van der Waals surface area (Å²) in [6.07, 6.45) is 0.283. The first-order chi connectivity index (χ1) is 5.22. The SMILES string of the molecule is COC(=O)[C@@H](N)CCOC=O. The van der Waals surface area contributed by atoms with Gasteiger partial charge in [-0.1, -0.05) is 0 Å². The van der Waals surface area contributed by atoms with Crippen molar-refractivity contribution in [3.05, 3.63) is 0 Å². The lowest BCUT2D eigenvalue weighted by atomic mass is 10.2. The quantitative estimate of drug-likeness (QED) is 0.319. The number of carbonyl (C=O) groups excluding carboxylic acids is 2. The monoisotopic (exact) mass is 161 g/mol. The molecule has 0 rings (SSSR count). The van der Waals surface area contributed by atoms with Crippen LogP contribution in [0, 0.1) is 0 Å². The molecule has 0 aliphatic carbocycles. The second-order valence-corrected chi connectivity index (χ2v) is 1.89. The van der Waals surface area contributed by atoms with Crippen molar-refractivity contribution < 1.29 is 19.1 Å². The summed E-state index contributed by atoms with van der Waals surface area (Å²) in [7, 11) is 1.25. The van der Waals surface area contributed by atoms with E-state index in [1.54, 1.807) is 0 Å². The van der Waals surface area contributed by atoms with E-state index < -0.39 is 12.0 Å². The second kappa shape index (κ2) is 5.67. The molecule has 5 nitrogen and oxygen atoms in total.